The van der Waals surface area contributed by atoms with E-state index >= 15 is 0 Å². The van der Waals surface area contributed by atoms with E-state index in [0.717, 1.165) is 11.3 Å². The van der Waals surface area contributed by atoms with Crippen LogP contribution in [-0.4, -0.2) is 14.5 Å². The van der Waals surface area contributed by atoms with Crippen LogP contribution in [0, 0.1) is 0 Å². The van der Waals surface area contributed by atoms with E-state index < -0.39 is 11.2 Å². The van der Waals surface area contributed by atoms with Gasteiger partial charge in [-0.1, -0.05) is 30.3 Å². The first-order valence-corrected chi connectivity index (χ1v) is 5.82. The van der Waals surface area contributed by atoms with Crippen LogP contribution >= 0.6 is 0 Å². The van der Waals surface area contributed by atoms with Crippen LogP contribution in [0.3, 0.4) is 0 Å². The Hall–Kier alpha value is -2.69. The summed E-state index contributed by atoms with van der Waals surface area (Å²) in [5.41, 5.74) is 1.18. The summed E-state index contributed by atoms with van der Waals surface area (Å²) in [5, 5.41) is 0.404. The Labute approximate surface area is 108 Å². The molecule has 0 fully saturated rings. The fourth-order valence-corrected chi connectivity index (χ4v) is 2.00. The van der Waals surface area contributed by atoms with Crippen molar-refractivity contribution in [1.29, 1.82) is 0 Å². The van der Waals surface area contributed by atoms with E-state index in [1.54, 1.807) is 19.2 Å². The average molecular weight is 253 g/mol. The highest BCUT2D eigenvalue weighted by atomic mass is 16.2. The highest BCUT2D eigenvalue weighted by Gasteiger charge is 2.07. The van der Waals surface area contributed by atoms with Gasteiger partial charge in [0.1, 0.15) is 5.65 Å². The molecule has 0 aliphatic carbocycles. The van der Waals surface area contributed by atoms with Crippen LogP contribution in [0.4, 0.5) is 0 Å². The SMILES string of the molecule is Cn1c(=O)[nH]c(=O)c2ccc(-c3ccccc3)nc21. The number of fused-ring (bicyclic) bond motifs is 1. The summed E-state index contributed by atoms with van der Waals surface area (Å²) in [4.78, 5) is 29.9. The predicted molar refractivity (Wildman–Crippen MR) is 73.0 cm³/mol. The van der Waals surface area contributed by atoms with Crippen molar-refractivity contribution in [2.24, 2.45) is 7.05 Å². The number of aryl methyl sites for hydroxylation is 1. The molecule has 94 valence electrons. The molecule has 0 bridgehead atoms. The number of pyridine rings is 1. The Morgan fingerprint density at radius 1 is 1.05 bits per heavy atom. The lowest BCUT2D eigenvalue weighted by atomic mass is 10.1. The monoisotopic (exact) mass is 253 g/mol. The van der Waals surface area contributed by atoms with E-state index in [1.165, 1.54) is 4.57 Å². The molecule has 3 rings (SSSR count). The molecule has 1 aromatic carbocycles. The van der Waals surface area contributed by atoms with Gasteiger partial charge in [0.05, 0.1) is 11.1 Å². The fourth-order valence-electron chi connectivity index (χ4n) is 2.00. The second kappa shape index (κ2) is 4.20. The lowest BCUT2D eigenvalue weighted by molar-refractivity contribution is 0.829. The van der Waals surface area contributed by atoms with E-state index in [2.05, 4.69) is 9.97 Å². The van der Waals surface area contributed by atoms with Crippen LogP contribution < -0.4 is 11.2 Å². The molecular formula is C14H11N3O2. The number of aromatic nitrogens is 3. The molecule has 2 heterocycles. The average Bonchev–Trinajstić information content (AvgIpc) is 2.45. The molecule has 0 aliphatic heterocycles. The van der Waals surface area contributed by atoms with Gasteiger partial charge in [-0.05, 0) is 12.1 Å². The lowest BCUT2D eigenvalue weighted by Crippen LogP contribution is -2.28. The molecule has 0 saturated heterocycles. The summed E-state index contributed by atoms with van der Waals surface area (Å²) < 4.78 is 1.34. The summed E-state index contributed by atoms with van der Waals surface area (Å²) in [6.07, 6.45) is 0. The van der Waals surface area contributed by atoms with Crippen molar-refractivity contribution in [3.8, 4) is 11.3 Å². The van der Waals surface area contributed by atoms with Crippen molar-refractivity contribution < 1.29 is 0 Å². The van der Waals surface area contributed by atoms with Gasteiger partial charge in [-0.15, -0.1) is 0 Å². The van der Waals surface area contributed by atoms with Crippen LogP contribution in [0.1, 0.15) is 0 Å². The van der Waals surface area contributed by atoms with Gasteiger partial charge in [0.15, 0.2) is 0 Å². The number of hydrogen-bond donors (Lipinski definition) is 1. The molecule has 5 heteroatoms. The zero-order valence-electron chi connectivity index (χ0n) is 10.3. The number of nitrogens with one attached hydrogen (secondary N) is 1. The van der Waals surface area contributed by atoms with Gasteiger partial charge in [0.25, 0.3) is 5.56 Å². The largest absolute Gasteiger partial charge is 0.329 e. The smallest absolute Gasteiger partial charge is 0.281 e. The van der Waals surface area contributed by atoms with E-state index in [9.17, 15) is 9.59 Å². The van der Waals surface area contributed by atoms with E-state index in [1.807, 2.05) is 30.3 Å². The minimum Gasteiger partial charge on any atom is -0.281 e. The van der Waals surface area contributed by atoms with Gasteiger partial charge in [-0.3, -0.25) is 14.3 Å². The van der Waals surface area contributed by atoms with Crippen molar-refractivity contribution in [3.05, 3.63) is 63.3 Å². The van der Waals surface area contributed by atoms with Crippen molar-refractivity contribution in [2.75, 3.05) is 0 Å². The molecular weight excluding hydrogens is 242 g/mol. The van der Waals surface area contributed by atoms with Gasteiger partial charge in [0.2, 0.25) is 0 Å². The van der Waals surface area contributed by atoms with Gasteiger partial charge in [0, 0.05) is 12.6 Å². The van der Waals surface area contributed by atoms with Crippen molar-refractivity contribution in [1.82, 2.24) is 14.5 Å². The third-order valence-corrected chi connectivity index (χ3v) is 3.03. The van der Waals surface area contributed by atoms with E-state index in [4.69, 9.17) is 0 Å². The van der Waals surface area contributed by atoms with Crippen molar-refractivity contribution >= 4 is 11.0 Å². The molecule has 5 nitrogen and oxygen atoms in total. The number of hydrogen-bond acceptors (Lipinski definition) is 3. The van der Waals surface area contributed by atoms with Crippen LogP contribution in [0.2, 0.25) is 0 Å². The number of nitrogens with zero attached hydrogens (tertiary/aromatic N) is 2. The Bertz CT molecular complexity index is 863. The molecule has 0 aliphatic rings. The topological polar surface area (TPSA) is 67.8 Å². The van der Waals surface area contributed by atoms with Crippen molar-refractivity contribution in [3.63, 3.8) is 0 Å². The molecule has 19 heavy (non-hydrogen) atoms. The van der Waals surface area contributed by atoms with E-state index in [-0.39, 0.29) is 0 Å². The quantitative estimate of drug-likeness (QED) is 0.710. The number of benzene rings is 1. The molecule has 0 unspecified atom stereocenters. The van der Waals surface area contributed by atoms with Crippen LogP contribution in [0.15, 0.2) is 52.1 Å². The third-order valence-electron chi connectivity index (χ3n) is 3.03. The second-order valence-corrected chi connectivity index (χ2v) is 4.25. The lowest BCUT2D eigenvalue weighted by Gasteiger charge is -2.05. The normalized spacial score (nSPS) is 10.8. The number of rotatable bonds is 1. The Morgan fingerprint density at radius 2 is 1.79 bits per heavy atom. The fraction of sp³-hybridized carbons (Fsp3) is 0.0714. The zero-order valence-corrected chi connectivity index (χ0v) is 10.3. The first kappa shape index (κ1) is 11.4. The summed E-state index contributed by atoms with van der Waals surface area (Å²) in [6, 6.07) is 13.1. The minimum absolute atomic E-state index is 0.384. The van der Waals surface area contributed by atoms with Gasteiger partial charge < -0.3 is 0 Å². The Morgan fingerprint density at radius 3 is 2.53 bits per heavy atom. The maximum atomic E-state index is 11.7. The highest BCUT2D eigenvalue weighted by molar-refractivity contribution is 5.77. The minimum atomic E-state index is -0.463. The molecule has 0 atom stereocenters. The van der Waals surface area contributed by atoms with Crippen molar-refractivity contribution in [2.45, 2.75) is 0 Å². The standard InChI is InChI=1S/C14H11N3O2/c1-17-12-10(13(18)16-14(17)19)7-8-11(15-12)9-5-3-2-4-6-9/h2-8H,1H3,(H,16,18,19). The maximum absolute atomic E-state index is 11.7. The third kappa shape index (κ3) is 1.85. The summed E-state index contributed by atoms with van der Waals surface area (Å²) in [6.45, 7) is 0. The summed E-state index contributed by atoms with van der Waals surface area (Å²) in [7, 11) is 1.59. The summed E-state index contributed by atoms with van der Waals surface area (Å²) in [5.74, 6) is 0. The van der Waals surface area contributed by atoms with E-state index in [0.29, 0.717) is 11.0 Å². The second-order valence-electron chi connectivity index (χ2n) is 4.25. The van der Waals surface area contributed by atoms with Crippen LogP contribution in [0.5, 0.6) is 0 Å². The van der Waals surface area contributed by atoms with Gasteiger partial charge in [-0.2, -0.15) is 0 Å². The highest BCUT2D eigenvalue weighted by Crippen LogP contribution is 2.18. The summed E-state index contributed by atoms with van der Waals surface area (Å²) >= 11 is 0. The predicted octanol–water partition coefficient (Wildman–Crippen LogP) is 1.29. The molecule has 0 radical (unpaired) electrons. The van der Waals surface area contributed by atoms with Gasteiger partial charge in [-0.25, -0.2) is 9.78 Å². The first-order chi connectivity index (χ1) is 9.16. The van der Waals surface area contributed by atoms with Crippen LogP contribution in [-0.2, 0) is 7.05 Å². The molecule has 1 N–H and O–H groups in total. The molecule has 0 amide bonds. The number of aromatic amines is 1. The molecule has 0 spiro atoms. The number of H-pyrrole nitrogens is 1. The first-order valence-electron chi connectivity index (χ1n) is 5.82. The molecule has 0 saturated carbocycles. The maximum Gasteiger partial charge on any atom is 0.329 e. The molecule has 2 aromatic heterocycles. The van der Waals surface area contributed by atoms with Gasteiger partial charge >= 0.3 is 5.69 Å². The van der Waals surface area contributed by atoms with Crippen LogP contribution in [0.25, 0.3) is 22.3 Å². The zero-order chi connectivity index (χ0) is 13.4. The molecule has 3 aromatic rings. The Kier molecular flexibility index (Phi) is 2.52. The Balaban J connectivity index is 2.36.